The third-order valence-electron chi connectivity index (χ3n) is 3.58. The van der Waals surface area contributed by atoms with Crippen LogP contribution in [0.1, 0.15) is 18.9 Å². The van der Waals surface area contributed by atoms with Crippen LogP contribution >= 0.6 is 11.3 Å². The van der Waals surface area contributed by atoms with Crippen molar-refractivity contribution in [2.45, 2.75) is 13.3 Å². The Labute approximate surface area is 160 Å². The summed E-state index contributed by atoms with van der Waals surface area (Å²) in [6.07, 6.45) is 2.66. The molecule has 7 nitrogen and oxygen atoms in total. The summed E-state index contributed by atoms with van der Waals surface area (Å²) in [6, 6.07) is 14.0. The van der Waals surface area contributed by atoms with Gasteiger partial charge >= 0.3 is 0 Å². The van der Waals surface area contributed by atoms with Gasteiger partial charge in [0.2, 0.25) is 5.13 Å². The maximum absolute atomic E-state index is 10.9. The molecule has 2 aromatic carbocycles. The Balaban J connectivity index is 1.61. The molecule has 0 atom stereocenters. The lowest BCUT2D eigenvalue weighted by Gasteiger charge is -2.03. The topological polar surface area (TPSA) is 89.7 Å². The van der Waals surface area contributed by atoms with Crippen LogP contribution in [0.5, 0.6) is 5.75 Å². The van der Waals surface area contributed by atoms with Crippen molar-refractivity contribution in [3.8, 4) is 17.0 Å². The van der Waals surface area contributed by atoms with Crippen molar-refractivity contribution in [2.75, 3.05) is 12.0 Å². The molecule has 8 heteroatoms. The van der Waals surface area contributed by atoms with E-state index < -0.39 is 4.92 Å². The first-order chi connectivity index (χ1) is 13.2. The van der Waals surface area contributed by atoms with Crippen molar-refractivity contribution >= 4 is 28.4 Å². The van der Waals surface area contributed by atoms with Crippen LogP contribution in [0.3, 0.4) is 0 Å². The minimum Gasteiger partial charge on any atom is -0.494 e. The van der Waals surface area contributed by atoms with Gasteiger partial charge in [-0.3, -0.25) is 15.5 Å². The highest BCUT2D eigenvalue weighted by Gasteiger charge is 2.09. The number of non-ortho nitro benzene ring substituents is 1. The van der Waals surface area contributed by atoms with Crippen LogP contribution in [0.15, 0.2) is 59.0 Å². The molecule has 0 aliphatic carbocycles. The summed E-state index contributed by atoms with van der Waals surface area (Å²) in [7, 11) is 0. The monoisotopic (exact) mass is 382 g/mol. The summed E-state index contributed by atoms with van der Waals surface area (Å²) in [5.74, 6) is 0.837. The molecule has 0 saturated heterocycles. The quantitative estimate of drug-likeness (QED) is 0.338. The number of nitro benzene ring substituents is 1. The number of aromatic nitrogens is 1. The molecule has 0 saturated carbocycles. The summed E-state index contributed by atoms with van der Waals surface area (Å²) in [4.78, 5) is 14.9. The Morgan fingerprint density at radius 3 is 2.85 bits per heavy atom. The Kier molecular flexibility index (Phi) is 6.11. The van der Waals surface area contributed by atoms with Crippen LogP contribution in [0, 0.1) is 10.1 Å². The van der Waals surface area contributed by atoms with E-state index in [0.717, 1.165) is 17.7 Å². The zero-order chi connectivity index (χ0) is 19.1. The van der Waals surface area contributed by atoms with Gasteiger partial charge in [0.25, 0.3) is 5.69 Å². The van der Waals surface area contributed by atoms with Crippen LogP contribution in [-0.2, 0) is 0 Å². The van der Waals surface area contributed by atoms with Gasteiger partial charge in [0, 0.05) is 23.1 Å². The molecule has 0 bridgehead atoms. The summed E-state index contributed by atoms with van der Waals surface area (Å²) >= 11 is 1.38. The molecule has 1 heterocycles. The molecule has 27 heavy (non-hydrogen) atoms. The molecule has 0 radical (unpaired) electrons. The number of nitrogens with one attached hydrogen (secondary N) is 1. The molecular formula is C19H18N4O3S. The van der Waals surface area contributed by atoms with E-state index in [1.165, 1.54) is 23.5 Å². The Bertz CT molecular complexity index is 938. The van der Waals surface area contributed by atoms with Gasteiger partial charge in [-0.2, -0.15) is 5.10 Å². The SMILES string of the molecule is CCCOc1ccc(/C=N/Nc2nc(-c3cccc([N+](=O)[O-])c3)cs2)cc1. The summed E-state index contributed by atoms with van der Waals surface area (Å²) in [5.41, 5.74) is 5.21. The average molecular weight is 382 g/mol. The van der Waals surface area contributed by atoms with E-state index in [0.29, 0.717) is 23.0 Å². The number of nitrogens with zero attached hydrogens (tertiary/aromatic N) is 3. The van der Waals surface area contributed by atoms with Crippen LogP contribution < -0.4 is 10.2 Å². The lowest BCUT2D eigenvalue weighted by molar-refractivity contribution is -0.384. The second kappa shape index (κ2) is 8.91. The number of thiazole rings is 1. The predicted octanol–water partition coefficient (Wildman–Crippen LogP) is 4.95. The fraction of sp³-hybridized carbons (Fsp3) is 0.158. The van der Waals surface area contributed by atoms with Crippen LogP contribution in [0.2, 0.25) is 0 Å². The van der Waals surface area contributed by atoms with E-state index >= 15 is 0 Å². The van der Waals surface area contributed by atoms with Gasteiger partial charge in [0.05, 0.1) is 23.4 Å². The van der Waals surface area contributed by atoms with Gasteiger partial charge in [-0.15, -0.1) is 11.3 Å². The van der Waals surface area contributed by atoms with Gasteiger partial charge in [-0.25, -0.2) is 4.98 Å². The lowest BCUT2D eigenvalue weighted by atomic mass is 10.1. The third-order valence-corrected chi connectivity index (χ3v) is 4.33. The van der Waals surface area contributed by atoms with Crippen molar-refractivity contribution in [2.24, 2.45) is 5.10 Å². The van der Waals surface area contributed by atoms with Gasteiger partial charge < -0.3 is 4.74 Å². The van der Waals surface area contributed by atoms with Crippen molar-refractivity contribution in [3.05, 3.63) is 69.6 Å². The minimum atomic E-state index is -0.419. The van der Waals surface area contributed by atoms with E-state index in [4.69, 9.17) is 4.74 Å². The first kappa shape index (κ1) is 18.5. The van der Waals surface area contributed by atoms with E-state index in [1.807, 2.05) is 29.6 Å². The van der Waals surface area contributed by atoms with Crippen LogP contribution in [0.25, 0.3) is 11.3 Å². The van der Waals surface area contributed by atoms with Crippen molar-refractivity contribution in [1.82, 2.24) is 4.98 Å². The predicted molar refractivity (Wildman–Crippen MR) is 108 cm³/mol. The van der Waals surface area contributed by atoms with E-state index in [9.17, 15) is 10.1 Å². The Morgan fingerprint density at radius 2 is 2.11 bits per heavy atom. The largest absolute Gasteiger partial charge is 0.494 e. The molecule has 0 aliphatic rings. The smallest absolute Gasteiger partial charge is 0.270 e. The molecule has 3 aromatic rings. The highest BCUT2D eigenvalue weighted by molar-refractivity contribution is 7.14. The number of anilines is 1. The van der Waals surface area contributed by atoms with Gasteiger partial charge in [0.15, 0.2) is 0 Å². The second-order valence-corrected chi connectivity index (χ2v) is 6.49. The summed E-state index contributed by atoms with van der Waals surface area (Å²) < 4.78 is 5.54. The molecule has 1 N–H and O–H groups in total. The molecule has 0 unspecified atom stereocenters. The molecular weight excluding hydrogens is 364 g/mol. The number of rotatable bonds is 8. The summed E-state index contributed by atoms with van der Waals surface area (Å²) in [6.45, 7) is 2.77. The minimum absolute atomic E-state index is 0.0411. The van der Waals surface area contributed by atoms with Gasteiger partial charge in [0.1, 0.15) is 5.75 Å². The molecule has 3 rings (SSSR count). The summed E-state index contributed by atoms with van der Waals surface area (Å²) in [5, 5.41) is 17.5. The maximum Gasteiger partial charge on any atom is 0.270 e. The normalized spacial score (nSPS) is 10.9. The highest BCUT2D eigenvalue weighted by Crippen LogP contribution is 2.27. The fourth-order valence-electron chi connectivity index (χ4n) is 2.27. The second-order valence-electron chi connectivity index (χ2n) is 5.63. The van der Waals surface area contributed by atoms with Crippen molar-refractivity contribution < 1.29 is 9.66 Å². The van der Waals surface area contributed by atoms with Gasteiger partial charge in [-0.1, -0.05) is 19.1 Å². The standard InChI is InChI=1S/C19H18N4O3S/c1-2-10-26-17-8-6-14(7-9-17)12-20-22-19-21-18(13-27-19)15-4-3-5-16(11-15)23(24)25/h3-9,11-13H,2,10H2,1H3,(H,21,22)/b20-12+. The third kappa shape index (κ3) is 5.11. The molecule has 138 valence electrons. The lowest BCUT2D eigenvalue weighted by Crippen LogP contribution is -1.95. The molecule has 0 aliphatic heterocycles. The number of nitro groups is 1. The molecule has 0 fully saturated rings. The molecule has 0 spiro atoms. The Morgan fingerprint density at radius 1 is 1.30 bits per heavy atom. The van der Waals surface area contributed by atoms with Crippen LogP contribution in [0.4, 0.5) is 10.8 Å². The Hall–Kier alpha value is -3.26. The highest BCUT2D eigenvalue weighted by atomic mass is 32.1. The average Bonchev–Trinajstić information content (AvgIpc) is 3.16. The zero-order valence-corrected chi connectivity index (χ0v) is 15.5. The van der Waals surface area contributed by atoms with E-state index in [-0.39, 0.29) is 5.69 Å². The first-order valence-corrected chi connectivity index (χ1v) is 9.26. The number of hydrogen-bond acceptors (Lipinski definition) is 7. The first-order valence-electron chi connectivity index (χ1n) is 8.38. The fourth-order valence-corrected chi connectivity index (χ4v) is 2.94. The molecule has 0 amide bonds. The number of hydrazone groups is 1. The van der Waals surface area contributed by atoms with E-state index in [2.05, 4.69) is 22.4 Å². The number of hydrogen-bond donors (Lipinski definition) is 1. The zero-order valence-electron chi connectivity index (χ0n) is 14.7. The van der Waals surface area contributed by atoms with Crippen molar-refractivity contribution in [1.29, 1.82) is 0 Å². The van der Waals surface area contributed by atoms with Crippen LogP contribution in [-0.4, -0.2) is 22.7 Å². The molecule has 1 aromatic heterocycles. The number of benzene rings is 2. The maximum atomic E-state index is 10.9. The van der Waals surface area contributed by atoms with Gasteiger partial charge in [-0.05, 0) is 36.2 Å². The number of ether oxygens (including phenoxy) is 1. The van der Waals surface area contributed by atoms with Crippen molar-refractivity contribution in [3.63, 3.8) is 0 Å². The van der Waals surface area contributed by atoms with E-state index in [1.54, 1.807) is 18.3 Å².